The summed E-state index contributed by atoms with van der Waals surface area (Å²) in [4.78, 5) is 8.46. The first-order valence-corrected chi connectivity index (χ1v) is 4.95. The predicted molar refractivity (Wildman–Crippen MR) is 60.1 cm³/mol. The van der Waals surface area contributed by atoms with Gasteiger partial charge in [-0.25, -0.2) is 9.97 Å². The van der Waals surface area contributed by atoms with Crippen LogP contribution in [0.1, 0.15) is 11.6 Å². The highest BCUT2D eigenvalue weighted by atomic mass is 16.5. The molecule has 6 nitrogen and oxygen atoms in total. The fourth-order valence-corrected chi connectivity index (χ4v) is 1.30. The predicted octanol–water partition coefficient (Wildman–Crippen LogP) is 1.43. The molecule has 84 valence electrons. The van der Waals surface area contributed by atoms with Crippen LogP contribution in [0.5, 0.6) is 0 Å². The van der Waals surface area contributed by atoms with Crippen molar-refractivity contribution in [2.45, 2.75) is 13.5 Å². The Balaban J connectivity index is 2.06. The lowest BCUT2D eigenvalue weighted by atomic mass is 10.4. The topological polar surface area (TPSA) is 75.9 Å². The van der Waals surface area contributed by atoms with Crippen LogP contribution in [0.3, 0.4) is 0 Å². The average Bonchev–Trinajstić information content (AvgIpc) is 2.78. The van der Waals surface area contributed by atoms with Gasteiger partial charge in [0.05, 0.1) is 12.7 Å². The van der Waals surface area contributed by atoms with E-state index in [4.69, 9.17) is 4.52 Å². The van der Waals surface area contributed by atoms with Gasteiger partial charge in [0.2, 0.25) is 0 Å². The third-order valence-corrected chi connectivity index (χ3v) is 2.03. The van der Waals surface area contributed by atoms with Gasteiger partial charge in [-0.1, -0.05) is 5.16 Å². The summed E-state index contributed by atoms with van der Waals surface area (Å²) < 4.78 is 4.97. The summed E-state index contributed by atoms with van der Waals surface area (Å²) in [6.07, 6.45) is 1.61. The quantitative estimate of drug-likeness (QED) is 0.810. The molecule has 0 aromatic carbocycles. The normalized spacial score (nSPS) is 10.1. The lowest BCUT2D eigenvalue weighted by molar-refractivity contribution is 0.388. The molecular weight excluding hydrogens is 206 g/mol. The van der Waals surface area contributed by atoms with Crippen LogP contribution in [0.15, 0.2) is 22.9 Å². The summed E-state index contributed by atoms with van der Waals surface area (Å²) in [5.41, 5.74) is 0. The van der Waals surface area contributed by atoms with Crippen LogP contribution >= 0.6 is 0 Å². The molecule has 0 spiro atoms. The standard InChI is InChI=1S/C10H13N5O/c1-7-14-9(11-2)5-10(15-7)12-6-8-3-4-13-16-8/h3-5H,6H2,1-2H3,(H2,11,12,14,15). The number of nitrogens with zero attached hydrogens (tertiary/aromatic N) is 3. The number of hydrogen-bond acceptors (Lipinski definition) is 6. The maximum absolute atomic E-state index is 4.97. The molecule has 2 rings (SSSR count). The molecule has 0 atom stereocenters. The summed E-state index contributed by atoms with van der Waals surface area (Å²) in [7, 11) is 1.82. The summed E-state index contributed by atoms with van der Waals surface area (Å²) in [6.45, 7) is 2.40. The first kappa shape index (κ1) is 10.4. The van der Waals surface area contributed by atoms with Crippen molar-refractivity contribution in [2.24, 2.45) is 0 Å². The van der Waals surface area contributed by atoms with Crippen molar-refractivity contribution in [2.75, 3.05) is 17.7 Å². The second-order valence-corrected chi connectivity index (χ2v) is 3.27. The molecule has 0 bridgehead atoms. The van der Waals surface area contributed by atoms with Crippen LogP contribution in [-0.2, 0) is 6.54 Å². The molecule has 16 heavy (non-hydrogen) atoms. The fourth-order valence-electron chi connectivity index (χ4n) is 1.30. The van der Waals surface area contributed by atoms with E-state index >= 15 is 0 Å². The molecule has 0 saturated heterocycles. The van der Waals surface area contributed by atoms with Crippen LogP contribution in [0.2, 0.25) is 0 Å². The number of aryl methyl sites for hydroxylation is 1. The molecule has 2 aromatic heterocycles. The van der Waals surface area contributed by atoms with E-state index in [1.54, 1.807) is 12.3 Å². The number of hydrogen-bond donors (Lipinski definition) is 2. The summed E-state index contributed by atoms with van der Waals surface area (Å²) in [5, 5.41) is 9.74. The number of anilines is 2. The SMILES string of the molecule is CNc1cc(NCc2ccno2)nc(C)n1. The zero-order valence-corrected chi connectivity index (χ0v) is 9.19. The van der Waals surface area contributed by atoms with Crippen LogP contribution in [0.25, 0.3) is 0 Å². The van der Waals surface area contributed by atoms with Crippen LogP contribution < -0.4 is 10.6 Å². The molecule has 2 aromatic rings. The van der Waals surface area contributed by atoms with Gasteiger partial charge in [-0.3, -0.25) is 0 Å². The Morgan fingerprint density at radius 3 is 2.81 bits per heavy atom. The average molecular weight is 219 g/mol. The van der Waals surface area contributed by atoms with Crippen molar-refractivity contribution in [1.29, 1.82) is 0 Å². The molecule has 2 heterocycles. The van der Waals surface area contributed by atoms with Gasteiger partial charge in [0.1, 0.15) is 17.5 Å². The van der Waals surface area contributed by atoms with Gasteiger partial charge in [0, 0.05) is 19.2 Å². The number of aromatic nitrogens is 3. The Bertz CT molecular complexity index is 454. The monoisotopic (exact) mass is 219 g/mol. The van der Waals surface area contributed by atoms with Gasteiger partial charge < -0.3 is 15.2 Å². The Hall–Kier alpha value is -2.11. The van der Waals surface area contributed by atoms with Gasteiger partial charge in [0.25, 0.3) is 0 Å². The molecule has 0 unspecified atom stereocenters. The second-order valence-electron chi connectivity index (χ2n) is 3.27. The number of nitrogens with one attached hydrogen (secondary N) is 2. The first-order chi connectivity index (χ1) is 7.78. The van der Waals surface area contributed by atoms with Crippen molar-refractivity contribution in [3.63, 3.8) is 0 Å². The third kappa shape index (κ3) is 2.47. The van der Waals surface area contributed by atoms with Crippen LogP contribution in [-0.4, -0.2) is 22.2 Å². The van der Waals surface area contributed by atoms with Gasteiger partial charge in [-0.05, 0) is 6.92 Å². The highest BCUT2D eigenvalue weighted by Gasteiger charge is 2.01. The minimum atomic E-state index is 0.555. The van der Waals surface area contributed by atoms with Gasteiger partial charge in [-0.15, -0.1) is 0 Å². The molecule has 6 heteroatoms. The smallest absolute Gasteiger partial charge is 0.155 e. The van der Waals surface area contributed by atoms with E-state index < -0.39 is 0 Å². The largest absolute Gasteiger partial charge is 0.373 e. The van der Waals surface area contributed by atoms with Crippen molar-refractivity contribution in [1.82, 2.24) is 15.1 Å². The first-order valence-electron chi connectivity index (χ1n) is 4.95. The van der Waals surface area contributed by atoms with E-state index in [0.29, 0.717) is 12.4 Å². The minimum absolute atomic E-state index is 0.555. The molecule has 0 amide bonds. The van der Waals surface area contributed by atoms with Gasteiger partial charge in [-0.2, -0.15) is 0 Å². The second kappa shape index (κ2) is 4.61. The Morgan fingerprint density at radius 1 is 1.31 bits per heavy atom. The van der Waals surface area contributed by atoms with Crippen LogP contribution in [0, 0.1) is 6.92 Å². The minimum Gasteiger partial charge on any atom is -0.373 e. The summed E-state index contributed by atoms with van der Waals surface area (Å²) in [6, 6.07) is 3.64. The van der Waals surface area contributed by atoms with E-state index in [2.05, 4.69) is 25.8 Å². The number of rotatable bonds is 4. The summed E-state index contributed by atoms with van der Waals surface area (Å²) in [5.74, 6) is 3.02. The van der Waals surface area contributed by atoms with Gasteiger partial charge in [0.15, 0.2) is 5.76 Å². The molecule has 0 radical (unpaired) electrons. The van der Waals surface area contributed by atoms with Crippen molar-refractivity contribution < 1.29 is 4.52 Å². The molecule has 0 saturated carbocycles. The Labute approximate surface area is 93.1 Å². The Morgan fingerprint density at radius 2 is 2.12 bits per heavy atom. The summed E-state index contributed by atoms with van der Waals surface area (Å²) >= 11 is 0. The fraction of sp³-hybridized carbons (Fsp3) is 0.300. The highest BCUT2D eigenvalue weighted by molar-refractivity contribution is 5.47. The van der Waals surface area contributed by atoms with E-state index in [1.165, 1.54) is 0 Å². The van der Waals surface area contributed by atoms with Crippen molar-refractivity contribution >= 4 is 11.6 Å². The van der Waals surface area contributed by atoms with Crippen molar-refractivity contribution in [3.8, 4) is 0 Å². The van der Waals surface area contributed by atoms with E-state index in [-0.39, 0.29) is 0 Å². The Kier molecular flexibility index (Phi) is 3.00. The van der Waals surface area contributed by atoms with Crippen molar-refractivity contribution in [3.05, 3.63) is 29.9 Å². The van der Waals surface area contributed by atoms with Gasteiger partial charge >= 0.3 is 0 Å². The van der Waals surface area contributed by atoms with Crippen LogP contribution in [0.4, 0.5) is 11.6 Å². The lowest BCUT2D eigenvalue weighted by Crippen LogP contribution is -2.04. The molecule has 0 fully saturated rings. The van der Waals surface area contributed by atoms with E-state index in [1.807, 2.05) is 20.0 Å². The van der Waals surface area contributed by atoms with E-state index in [0.717, 1.165) is 17.4 Å². The zero-order chi connectivity index (χ0) is 11.4. The molecule has 0 aliphatic heterocycles. The molecule has 0 aliphatic rings. The molecule has 0 aliphatic carbocycles. The molecular formula is C10H13N5O. The lowest BCUT2D eigenvalue weighted by Gasteiger charge is -2.06. The maximum Gasteiger partial charge on any atom is 0.155 e. The highest BCUT2D eigenvalue weighted by Crippen LogP contribution is 2.11. The zero-order valence-electron chi connectivity index (χ0n) is 9.19. The maximum atomic E-state index is 4.97. The molecule has 2 N–H and O–H groups in total. The third-order valence-electron chi connectivity index (χ3n) is 2.03. The van der Waals surface area contributed by atoms with E-state index in [9.17, 15) is 0 Å².